The molecule has 1 aromatic heterocycles. The SMILES string of the molecule is CCC(C)CNCC(=O)N(Cc1ccccc1)Cc1cccs1. The minimum absolute atomic E-state index is 0.158. The maximum absolute atomic E-state index is 12.6. The summed E-state index contributed by atoms with van der Waals surface area (Å²) >= 11 is 1.70. The van der Waals surface area contributed by atoms with Crippen LogP contribution in [0, 0.1) is 5.92 Å². The van der Waals surface area contributed by atoms with Crippen LogP contribution in [-0.4, -0.2) is 23.9 Å². The molecule has 0 aliphatic carbocycles. The predicted molar refractivity (Wildman–Crippen MR) is 97.3 cm³/mol. The second-order valence-electron chi connectivity index (χ2n) is 5.96. The Morgan fingerprint density at radius 1 is 1.17 bits per heavy atom. The molecule has 4 heteroatoms. The Labute approximate surface area is 143 Å². The van der Waals surface area contributed by atoms with Crippen molar-refractivity contribution in [1.29, 1.82) is 0 Å². The van der Waals surface area contributed by atoms with Crippen LogP contribution in [-0.2, 0) is 17.9 Å². The third kappa shape index (κ3) is 6.16. The predicted octanol–water partition coefficient (Wildman–Crippen LogP) is 3.91. The van der Waals surface area contributed by atoms with Crippen molar-refractivity contribution in [3.63, 3.8) is 0 Å². The summed E-state index contributed by atoms with van der Waals surface area (Å²) in [5.41, 5.74) is 1.17. The fourth-order valence-corrected chi connectivity index (χ4v) is 3.03. The van der Waals surface area contributed by atoms with Gasteiger partial charge in [0.1, 0.15) is 0 Å². The molecule has 1 atom stereocenters. The minimum Gasteiger partial charge on any atom is -0.332 e. The Kier molecular flexibility index (Phi) is 7.30. The van der Waals surface area contributed by atoms with Gasteiger partial charge in [0, 0.05) is 11.4 Å². The number of rotatable bonds is 9. The summed E-state index contributed by atoms with van der Waals surface area (Å²) in [6.07, 6.45) is 1.13. The normalized spacial score (nSPS) is 12.1. The number of thiophene rings is 1. The molecule has 0 saturated carbocycles. The second kappa shape index (κ2) is 9.48. The van der Waals surface area contributed by atoms with Crippen LogP contribution in [0.25, 0.3) is 0 Å². The summed E-state index contributed by atoms with van der Waals surface area (Å²) in [5, 5.41) is 5.35. The van der Waals surface area contributed by atoms with Crippen LogP contribution in [0.2, 0.25) is 0 Å². The molecule has 124 valence electrons. The number of amides is 1. The van der Waals surface area contributed by atoms with E-state index < -0.39 is 0 Å². The van der Waals surface area contributed by atoms with Gasteiger partial charge in [0.2, 0.25) is 5.91 Å². The van der Waals surface area contributed by atoms with E-state index in [9.17, 15) is 4.79 Å². The first-order valence-corrected chi connectivity index (χ1v) is 9.11. The number of carbonyl (C=O) groups is 1. The summed E-state index contributed by atoms with van der Waals surface area (Å²) in [7, 11) is 0. The van der Waals surface area contributed by atoms with Gasteiger partial charge >= 0.3 is 0 Å². The van der Waals surface area contributed by atoms with Crippen LogP contribution in [0.4, 0.5) is 0 Å². The van der Waals surface area contributed by atoms with Gasteiger partial charge < -0.3 is 10.2 Å². The number of hydrogen-bond acceptors (Lipinski definition) is 3. The molecular weight excluding hydrogens is 304 g/mol. The lowest BCUT2D eigenvalue weighted by atomic mass is 10.1. The first kappa shape index (κ1) is 17.7. The van der Waals surface area contributed by atoms with Crippen molar-refractivity contribution in [3.8, 4) is 0 Å². The molecule has 23 heavy (non-hydrogen) atoms. The molecule has 1 N–H and O–H groups in total. The van der Waals surface area contributed by atoms with E-state index >= 15 is 0 Å². The number of benzene rings is 1. The zero-order valence-electron chi connectivity index (χ0n) is 14.0. The molecule has 1 heterocycles. The second-order valence-corrected chi connectivity index (χ2v) is 6.99. The van der Waals surface area contributed by atoms with Gasteiger partial charge in [0.25, 0.3) is 0 Å². The molecule has 1 unspecified atom stereocenters. The fraction of sp³-hybridized carbons (Fsp3) is 0.421. The standard InChI is InChI=1S/C19H26N2OS/c1-3-16(2)12-20-13-19(22)21(15-18-10-7-11-23-18)14-17-8-5-4-6-9-17/h4-11,16,20H,3,12-15H2,1-2H3. The van der Waals surface area contributed by atoms with Crippen molar-refractivity contribution < 1.29 is 4.79 Å². The lowest BCUT2D eigenvalue weighted by Crippen LogP contribution is -2.38. The summed E-state index contributed by atoms with van der Waals surface area (Å²) in [6.45, 7) is 7.00. The van der Waals surface area contributed by atoms with Crippen molar-refractivity contribution in [2.45, 2.75) is 33.4 Å². The molecule has 0 spiro atoms. The molecule has 0 fully saturated rings. The molecule has 0 saturated heterocycles. The van der Waals surface area contributed by atoms with E-state index in [2.05, 4.69) is 42.7 Å². The zero-order chi connectivity index (χ0) is 16.5. The number of hydrogen-bond donors (Lipinski definition) is 1. The van der Waals surface area contributed by atoms with Crippen LogP contribution < -0.4 is 5.32 Å². The van der Waals surface area contributed by atoms with Crippen molar-refractivity contribution >= 4 is 17.2 Å². The quantitative estimate of drug-likeness (QED) is 0.756. The van der Waals surface area contributed by atoms with E-state index in [4.69, 9.17) is 0 Å². The van der Waals surface area contributed by atoms with Gasteiger partial charge in [-0.05, 0) is 29.5 Å². The van der Waals surface area contributed by atoms with Crippen molar-refractivity contribution in [1.82, 2.24) is 10.2 Å². The van der Waals surface area contributed by atoms with Gasteiger partial charge in [0.05, 0.1) is 13.1 Å². The van der Waals surface area contributed by atoms with Gasteiger partial charge in [-0.2, -0.15) is 0 Å². The monoisotopic (exact) mass is 330 g/mol. The van der Waals surface area contributed by atoms with E-state index in [1.807, 2.05) is 29.2 Å². The van der Waals surface area contributed by atoms with Crippen molar-refractivity contribution in [2.75, 3.05) is 13.1 Å². The molecule has 0 bridgehead atoms. The van der Waals surface area contributed by atoms with E-state index in [1.165, 1.54) is 10.4 Å². The number of nitrogens with zero attached hydrogens (tertiary/aromatic N) is 1. The third-order valence-corrected chi connectivity index (χ3v) is 4.82. The molecule has 0 aliphatic heterocycles. The maximum Gasteiger partial charge on any atom is 0.237 e. The van der Waals surface area contributed by atoms with E-state index in [1.54, 1.807) is 11.3 Å². The third-order valence-electron chi connectivity index (χ3n) is 3.96. The first-order chi connectivity index (χ1) is 11.2. The van der Waals surface area contributed by atoms with Crippen LogP contribution in [0.5, 0.6) is 0 Å². The summed E-state index contributed by atoms with van der Waals surface area (Å²) in [6, 6.07) is 14.3. The molecule has 1 aromatic carbocycles. The lowest BCUT2D eigenvalue weighted by Gasteiger charge is -2.23. The fourth-order valence-electron chi connectivity index (χ4n) is 2.31. The van der Waals surface area contributed by atoms with Crippen LogP contribution in [0.15, 0.2) is 47.8 Å². The average Bonchev–Trinajstić information content (AvgIpc) is 3.08. The summed E-state index contributed by atoms with van der Waals surface area (Å²) in [4.78, 5) is 15.8. The van der Waals surface area contributed by atoms with Crippen molar-refractivity contribution in [2.24, 2.45) is 5.92 Å². The Hall–Kier alpha value is -1.65. The largest absolute Gasteiger partial charge is 0.332 e. The van der Waals surface area contributed by atoms with E-state index in [0.29, 0.717) is 25.6 Å². The zero-order valence-corrected chi connectivity index (χ0v) is 14.8. The Bertz CT molecular complexity index is 568. The van der Waals surface area contributed by atoms with Crippen LogP contribution >= 0.6 is 11.3 Å². The molecular formula is C19H26N2OS. The molecule has 2 aromatic rings. The Morgan fingerprint density at radius 2 is 1.96 bits per heavy atom. The van der Waals surface area contributed by atoms with E-state index in [0.717, 1.165) is 13.0 Å². The van der Waals surface area contributed by atoms with Crippen molar-refractivity contribution in [3.05, 3.63) is 58.3 Å². The Balaban J connectivity index is 1.96. The first-order valence-electron chi connectivity index (χ1n) is 8.23. The highest BCUT2D eigenvalue weighted by Gasteiger charge is 2.15. The van der Waals surface area contributed by atoms with Gasteiger partial charge in [-0.15, -0.1) is 11.3 Å². The molecule has 3 nitrogen and oxygen atoms in total. The van der Waals surface area contributed by atoms with Crippen LogP contribution in [0.1, 0.15) is 30.7 Å². The molecule has 1 amide bonds. The average molecular weight is 330 g/mol. The van der Waals surface area contributed by atoms with Gasteiger partial charge in [0.15, 0.2) is 0 Å². The van der Waals surface area contributed by atoms with Gasteiger partial charge in [-0.25, -0.2) is 0 Å². The molecule has 2 rings (SSSR count). The molecule has 0 aliphatic rings. The van der Waals surface area contributed by atoms with Crippen LogP contribution in [0.3, 0.4) is 0 Å². The minimum atomic E-state index is 0.158. The van der Waals surface area contributed by atoms with Gasteiger partial charge in [-0.3, -0.25) is 4.79 Å². The Morgan fingerprint density at radius 3 is 2.61 bits per heavy atom. The maximum atomic E-state index is 12.6. The number of carbonyl (C=O) groups excluding carboxylic acids is 1. The number of nitrogens with one attached hydrogen (secondary N) is 1. The smallest absolute Gasteiger partial charge is 0.237 e. The topological polar surface area (TPSA) is 32.3 Å². The molecule has 0 radical (unpaired) electrons. The highest BCUT2D eigenvalue weighted by Crippen LogP contribution is 2.14. The summed E-state index contributed by atoms with van der Waals surface area (Å²) in [5.74, 6) is 0.758. The highest BCUT2D eigenvalue weighted by molar-refractivity contribution is 7.09. The van der Waals surface area contributed by atoms with Gasteiger partial charge in [-0.1, -0.05) is 56.7 Å². The lowest BCUT2D eigenvalue weighted by molar-refractivity contribution is -0.131. The highest BCUT2D eigenvalue weighted by atomic mass is 32.1. The van der Waals surface area contributed by atoms with E-state index in [-0.39, 0.29) is 5.91 Å². The summed E-state index contributed by atoms with van der Waals surface area (Å²) < 4.78 is 0.